The molecule has 0 aliphatic carbocycles. The van der Waals surface area contributed by atoms with Gasteiger partial charge in [-0.3, -0.25) is 9.69 Å². The van der Waals surface area contributed by atoms with E-state index in [9.17, 15) is 4.79 Å². The lowest BCUT2D eigenvalue weighted by atomic mass is 9.99. The molecule has 1 atom stereocenters. The Kier molecular flexibility index (Phi) is 4.80. The van der Waals surface area contributed by atoms with Crippen LogP contribution < -0.4 is 11.1 Å². The molecule has 1 aliphatic rings. The summed E-state index contributed by atoms with van der Waals surface area (Å²) in [6, 6.07) is 5.89. The van der Waals surface area contributed by atoms with Gasteiger partial charge >= 0.3 is 0 Å². The summed E-state index contributed by atoms with van der Waals surface area (Å²) >= 11 is 0. The van der Waals surface area contributed by atoms with Gasteiger partial charge in [-0.05, 0) is 37.6 Å². The average molecular weight is 328 g/mol. The summed E-state index contributed by atoms with van der Waals surface area (Å²) in [6.07, 6.45) is 5.10. The number of nitrogen functional groups attached to an aromatic ring is 1. The molecule has 0 spiro atoms. The van der Waals surface area contributed by atoms with E-state index in [-0.39, 0.29) is 11.9 Å². The molecule has 3 rings (SSSR count). The highest BCUT2D eigenvalue weighted by Crippen LogP contribution is 2.32. The number of rotatable bonds is 4. The van der Waals surface area contributed by atoms with Gasteiger partial charge in [0.05, 0.1) is 12.6 Å². The van der Waals surface area contributed by atoms with Gasteiger partial charge in [0.15, 0.2) is 0 Å². The number of hydrogen-bond donors (Lipinski definition) is 2. The Hall–Kier alpha value is -2.41. The van der Waals surface area contributed by atoms with Crippen LogP contribution in [0.25, 0.3) is 0 Å². The first kappa shape index (κ1) is 16.4. The van der Waals surface area contributed by atoms with Gasteiger partial charge in [-0.15, -0.1) is 0 Å². The maximum atomic E-state index is 12.0. The highest BCUT2D eigenvalue weighted by Gasteiger charge is 2.27. The second-order valence-corrected chi connectivity index (χ2v) is 6.16. The molecule has 1 aliphatic heterocycles. The number of nitrogens with one attached hydrogen (secondary N) is 1. The largest absolute Gasteiger partial charge is 0.384 e. The lowest BCUT2D eigenvalue weighted by Crippen LogP contribution is -2.35. The zero-order valence-corrected chi connectivity index (χ0v) is 14.2. The molecule has 0 saturated carbocycles. The van der Waals surface area contributed by atoms with Crippen LogP contribution in [0.1, 0.15) is 47.3 Å². The molecule has 3 N–H and O–H groups in total. The van der Waals surface area contributed by atoms with Crippen molar-refractivity contribution in [1.82, 2.24) is 24.8 Å². The summed E-state index contributed by atoms with van der Waals surface area (Å²) in [5, 5.41) is 2.69. The Morgan fingerprint density at radius 1 is 1.38 bits per heavy atom. The number of likely N-dealkylation sites (tertiary alicyclic amines) is 1. The molecule has 7 nitrogen and oxygen atoms in total. The number of carbonyl (C=O) groups is 1. The van der Waals surface area contributed by atoms with Crippen LogP contribution in [-0.4, -0.2) is 38.9 Å². The molecule has 1 fully saturated rings. The molecule has 1 saturated heterocycles. The van der Waals surface area contributed by atoms with Crippen molar-refractivity contribution in [3.63, 3.8) is 0 Å². The molecular formula is C17H24N6O. The fraction of sp³-hybridized carbons (Fsp3) is 0.471. The minimum atomic E-state index is -0.0646. The maximum absolute atomic E-state index is 12.0. The number of aromatic nitrogens is 3. The summed E-state index contributed by atoms with van der Waals surface area (Å²) in [4.78, 5) is 23.0. The second-order valence-electron chi connectivity index (χ2n) is 6.16. The molecule has 2 aromatic heterocycles. The zero-order valence-electron chi connectivity index (χ0n) is 14.2. The molecule has 0 aromatic carbocycles. The number of carbonyl (C=O) groups excluding carboxylic acids is 1. The van der Waals surface area contributed by atoms with E-state index < -0.39 is 0 Å². The second kappa shape index (κ2) is 7.00. The number of nitrogens with zero attached hydrogens (tertiary/aromatic N) is 4. The van der Waals surface area contributed by atoms with Crippen molar-refractivity contribution in [1.29, 1.82) is 0 Å². The van der Waals surface area contributed by atoms with Crippen LogP contribution in [0, 0.1) is 0 Å². The van der Waals surface area contributed by atoms with Crippen molar-refractivity contribution in [3.8, 4) is 0 Å². The lowest BCUT2D eigenvalue weighted by molar-refractivity contribution is 0.0952. The van der Waals surface area contributed by atoms with Gasteiger partial charge < -0.3 is 15.6 Å². The van der Waals surface area contributed by atoms with Gasteiger partial charge in [0.1, 0.15) is 17.3 Å². The van der Waals surface area contributed by atoms with Crippen molar-refractivity contribution in [2.24, 2.45) is 7.05 Å². The van der Waals surface area contributed by atoms with Crippen LogP contribution in [0.4, 0.5) is 5.82 Å². The van der Waals surface area contributed by atoms with E-state index in [2.05, 4.69) is 20.2 Å². The molecule has 24 heavy (non-hydrogen) atoms. The van der Waals surface area contributed by atoms with Crippen LogP contribution in [0.3, 0.4) is 0 Å². The predicted octanol–water partition coefficient (Wildman–Crippen LogP) is 1.48. The highest BCUT2D eigenvalue weighted by molar-refractivity contribution is 5.92. The number of hydrogen-bond acceptors (Lipinski definition) is 5. The topological polar surface area (TPSA) is 89.1 Å². The van der Waals surface area contributed by atoms with Crippen molar-refractivity contribution >= 4 is 11.7 Å². The van der Waals surface area contributed by atoms with E-state index in [0.29, 0.717) is 18.1 Å². The van der Waals surface area contributed by atoms with Gasteiger partial charge in [0.2, 0.25) is 0 Å². The predicted molar refractivity (Wildman–Crippen MR) is 92.2 cm³/mol. The van der Waals surface area contributed by atoms with Gasteiger partial charge in [-0.1, -0.05) is 6.42 Å². The fourth-order valence-electron chi connectivity index (χ4n) is 3.41. The smallest absolute Gasteiger partial charge is 0.267 e. The Bertz CT molecular complexity index is 726. The normalized spacial score (nSPS) is 18.5. The van der Waals surface area contributed by atoms with Crippen molar-refractivity contribution in [2.75, 3.05) is 19.3 Å². The Labute approximate surface area is 141 Å². The van der Waals surface area contributed by atoms with Crippen molar-refractivity contribution in [2.45, 2.75) is 31.8 Å². The molecule has 0 radical (unpaired) electrons. The Morgan fingerprint density at radius 3 is 2.96 bits per heavy atom. The minimum absolute atomic E-state index is 0.0646. The summed E-state index contributed by atoms with van der Waals surface area (Å²) in [5.74, 6) is 1.17. The van der Waals surface area contributed by atoms with Gasteiger partial charge in [-0.25, -0.2) is 9.97 Å². The van der Waals surface area contributed by atoms with Crippen molar-refractivity contribution < 1.29 is 4.79 Å². The summed E-state index contributed by atoms with van der Waals surface area (Å²) in [5.41, 5.74) is 7.60. The first-order chi connectivity index (χ1) is 11.6. The summed E-state index contributed by atoms with van der Waals surface area (Å²) in [6.45, 7) is 1.65. The summed E-state index contributed by atoms with van der Waals surface area (Å²) in [7, 11) is 3.60. The standard InChI is InChI=1S/C17H24N6O/c1-19-17(24)14-7-6-12(22(14)2)13-5-3-4-10-23(13)11-16-20-9-8-15(18)21-16/h6-9,13H,3-5,10-11H2,1-2H3,(H,19,24)(H2,18,20,21). The van der Waals surface area contributed by atoms with Crippen LogP contribution in [0.5, 0.6) is 0 Å². The number of piperidine rings is 1. The van der Waals surface area contributed by atoms with Gasteiger partial charge in [0.25, 0.3) is 5.91 Å². The summed E-state index contributed by atoms with van der Waals surface area (Å²) < 4.78 is 1.99. The molecule has 3 heterocycles. The molecule has 0 bridgehead atoms. The molecule has 128 valence electrons. The quantitative estimate of drug-likeness (QED) is 0.887. The first-order valence-electron chi connectivity index (χ1n) is 8.29. The number of nitrogens with two attached hydrogens (primary N) is 1. The monoisotopic (exact) mass is 328 g/mol. The van der Waals surface area contributed by atoms with E-state index in [0.717, 1.165) is 30.9 Å². The van der Waals surface area contributed by atoms with Crippen LogP contribution in [-0.2, 0) is 13.6 Å². The first-order valence-corrected chi connectivity index (χ1v) is 8.29. The third-order valence-electron chi connectivity index (χ3n) is 4.65. The van der Waals surface area contributed by atoms with E-state index in [1.807, 2.05) is 23.7 Å². The van der Waals surface area contributed by atoms with E-state index in [1.165, 1.54) is 6.42 Å². The fourth-order valence-corrected chi connectivity index (χ4v) is 3.41. The SMILES string of the molecule is CNC(=O)c1ccc(C2CCCCN2Cc2nccc(N)n2)n1C. The van der Waals surface area contributed by atoms with Gasteiger partial charge in [0, 0.05) is 26.0 Å². The van der Waals surface area contributed by atoms with Crippen LogP contribution >= 0.6 is 0 Å². The molecule has 2 aromatic rings. The minimum Gasteiger partial charge on any atom is -0.384 e. The maximum Gasteiger partial charge on any atom is 0.267 e. The molecule has 1 unspecified atom stereocenters. The van der Waals surface area contributed by atoms with Crippen LogP contribution in [0.2, 0.25) is 0 Å². The highest BCUT2D eigenvalue weighted by atomic mass is 16.1. The molecular weight excluding hydrogens is 304 g/mol. The van der Waals surface area contributed by atoms with Crippen molar-refractivity contribution in [3.05, 3.63) is 41.6 Å². The average Bonchev–Trinajstić information content (AvgIpc) is 2.96. The number of amides is 1. The third kappa shape index (κ3) is 3.26. The molecule has 7 heteroatoms. The number of anilines is 1. The Balaban J connectivity index is 1.85. The van der Waals surface area contributed by atoms with Gasteiger partial charge in [-0.2, -0.15) is 0 Å². The molecule has 1 amide bonds. The zero-order chi connectivity index (χ0) is 17.1. The lowest BCUT2D eigenvalue weighted by Gasteiger charge is -2.35. The van der Waals surface area contributed by atoms with Crippen LogP contribution in [0.15, 0.2) is 24.4 Å². The van der Waals surface area contributed by atoms with E-state index in [1.54, 1.807) is 19.3 Å². The van der Waals surface area contributed by atoms with E-state index in [4.69, 9.17) is 5.73 Å². The van der Waals surface area contributed by atoms with E-state index >= 15 is 0 Å². The third-order valence-corrected chi connectivity index (χ3v) is 4.65. The Morgan fingerprint density at radius 2 is 2.21 bits per heavy atom.